The molecule has 0 fully saturated rings. The van der Waals surface area contributed by atoms with Gasteiger partial charge in [-0.2, -0.15) is 0 Å². The van der Waals surface area contributed by atoms with Crippen LogP contribution in [0, 0.1) is 22.0 Å². The first-order chi connectivity index (χ1) is 14.0. The number of hydrogen-bond donors (Lipinski definition) is 3. The van der Waals surface area contributed by atoms with E-state index in [9.17, 15) is 14.9 Å². The molecule has 1 aliphatic rings. The fourth-order valence-corrected chi connectivity index (χ4v) is 3.09. The van der Waals surface area contributed by atoms with Gasteiger partial charge in [0.25, 0.3) is 11.6 Å². The van der Waals surface area contributed by atoms with Crippen molar-refractivity contribution in [2.75, 3.05) is 31.6 Å². The van der Waals surface area contributed by atoms with Crippen LogP contribution in [0.25, 0.3) is 0 Å². The molecule has 0 saturated heterocycles. The summed E-state index contributed by atoms with van der Waals surface area (Å²) < 4.78 is 11.4. The molecule has 3 atom stereocenters. The molecule has 10 nitrogen and oxygen atoms in total. The molecule has 2 heterocycles. The van der Waals surface area contributed by atoms with Gasteiger partial charge >= 0.3 is 0 Å². The topological polar surface area (TPSA) is 136 Å². The smallest absolute Gasteiger partial charge is 0.287 e. The Labute approximate surface area is 169 Å². The number of pyridine rings is 1. The van der Waals surface area contributed by atoms with Gasteiger partial charge in [0.15, 0.2) is 5.76 Å². The summed E-state index contributed by atoms with van der Waals surface area (Å²) in [6.45, 7) is 5.16. The zero-order chi connectivity index (χ0) is 21.2. The van der Waals surface area contributed by atoms with Crippen molar-refractivity contribution in [1.82, 2.24) is 10.3 Å². The highest BCUT2D eigenvalue weighted by atomic mass is 16.7. The minimum absolute atomic E-state index is 0.0773. The average molecular weight is 408 g/mol. The van der Waals surface area contributed by atoms with Crippen molar-refractivity contribution < 1.29 is 24.3 Å². The Balaban J connectivity index is 1.83. The number of aliphatic hydroxyl groups excluding tert-OH is 1. The van der Waals surface area contributed by atoms with E-state index in [1.165, 1.54) is 18.3 Å². The molecule has 1 aromatic rings. The van der Waals surface area contributed by atoms with Gasteiger partial charge in [0.1, 0.15) is 12.0 Å². The monoisotopic (exact) mass is 408 g/mol. The molecule has 1 aliphatic heterocycles. The van der Waals surface area contributed by atoms with Crippen LogP contribution >= 0.6 is 0 Å². The van der Waals surface area contributed by atoms with Gasteiger partial charge in [-0.15, -0.1) is 0 Å². The number of allylic oxidation sites excluding steroid dienone is 1. The molecule has 0 radical (unpaired) electrons. The van der Waals surface area contributed by atoms with Crippen molar-refractivity contribution in [2.24, 2.45) is 11.8 Å². The summed E-state index contributed by atoms with van der Waals surface area (Å²) >= 11 is 0. The maximum atomic E-state index is 12.4. The van der Waals surface area contributed by atoms with E-state index in [1.807, 2.05) is 13.8 Å². The van der Waals surface area contributed by atoms with Crippen molar-refractivity contribution in [3.8, 4) is 0 Å². The second kappa shape index (κ2) is 11.3. The van der Waals surface area contributed by atoms with Crippen LogP contribution in [-0.4, -0.2) is 53.5 Å². The lowest BCUT2D eigenvalue weighted by Gasteiger charge is -2.35. The lowest BCUT2D eigenvalue weighted by Crippen LogP contribution is -2.39. The van der Waals surface area contributed by atoms with Crippen molar-refractivity contribution in [3.63, 3.8) is 0 Å². The summed E-state index contributed by atoms with van der Waals surface area (Å²) in [7, 11) is 0. The van der Waals surface area contributed by atoms with E-state index in [1.54, 1.807) is 6.08 Å². The van der Waals surface area contributed by atoms with Gasteiger partial charge in [-0.1, -0.05) is 6.92 Å². The number of nitrogens with one attached hydrogen (secondary N) is 2. The number of aromatic nitrogens is 1. The summed E-state index contributed by atoms with van der Waals surface area (Å²) in [6, 6.07) is 2.87. The number of nitrogens with zero attached hydrogens (tertiary/aromatic N) is 2. The van der Waals surface area contributed by atoms with Crippen molar-refractivity contribution in [2.45, 2.75) is 33.0 Å². The Morgan fingerprint density at radius 2 is 2.21 bits per heavy atom. The van der Waals surface area contributed by atoms with Crippen LogP contribution in [-0.2, 0) is 14.3 Å². The van der Waals surface area contributed by atoms with Crippen LogP contribution in [0.2, 0.25) is 0 Å². The van der Waals surface area contributed by atoms with Gasteiger partial charge in [-0.3, -0.25) is 14.9 Å². The van der Waals surface area contributed by atoms with E-state index in [0.717, 1.165) is 6.42 Å². The zero-order valence-electron chi connectivity index (χ0n) is 16.7. The van der Waals surface area contributed by atoms with E-state index in [-0.39, 0.29) is 35.8 Å². The molecule has 1 aromatic heterocycles. The Kier molecular flexibility index (Phi) is 8.81. The predicted molar refractivity (Wildman–Crippen MR) is 106 cm³/mol. The molecule has 160 valence electrons. The molecule has 0 saturated carbocycles. The van der Waals surface area contributed by atoms with Crippen LogP contribution in [0.15, 0.2) is 30.2 Å². The Morgan fingerprint density at radius 1 is 1.41 bits per heavy atom. The summed E-state index contributed by atoms with van der Waals surface area (Å²) in [5, 5.41) is 25.4. The molecule has 10 heteroatoms. The largest absolute Gasteiger partial charge is 0.459 e. The third-order valence-corrected chi connectivity index (χ3v) is 4.61. The number of anilines is 1. The van der Waals surface area contributed by atoms with E-state index >= 15 is 0 Å². The minimum atomic E-state index is -0.519. The SMILES string of the molecule is CCO[C@H]1OC(C(=O)NCCNc2ccc([N+](=O)[O-])cn2)=C[C@@H](C)[C@H]1CCCO. The molecule has 0 aliphatic carbocycles. The highest BCUT2D eigenvalue weighted by molar-refractivity contribution is 5.91. The Morgan fingerprint density at radius 3 is 2.83 bits per heavy atom. The van der Waals surface area contributed by atoms with Crippen molar-refractivity contribution >= 4 is 17.4 Å². The molecule has 0 bridgehead atoms. The van der Waals surface area contributed by atoms with Crippen LogP contribution < -0.4 is 10.6 Å². The van der Waals surface area contributed by atoms with Gasteiger partial charge in [0, 0.05) is 38.3 Å². The fourth-order valence-electron chi connectivity index (χ4n) is 3.09. The lowest BCUT2D eigenvalue weighted by atomic mass is 9.87. The second-order valence-electron chi connectivity index (χ2n) is 6.70. The Hall–Kier alpha value is -2.72. The fraction of sp³-hybridized carbons (Fsp3) is 0.579. The number of carbonyl (C=O) groups is 1. The second-order valence-corrected chi connectivity index (χ2v) is 6.70. The maximum absolute atomic E-state index is 12.4. The molecule has 29 heavy (non-hydrogen) atoms. The average Bonchev–Trinajstić information content (AvgIpc) is 2.71. The molecular weight excluding hydrogens is 380 g/mol. The van der Waals surface area contributed by atoms with Crippen LogP contribution in [0.3, 0.4) is 0 Å². The number of rotatable bonds is 11. The third-order valence-electron chi connectivity index (χ3n) is 4.61. The zero-order valence-corrected chi connectivity index (χ0v) is 16.7. The number of aliphatic hydroxyl groups is 1. The first-order valence-electron chi connectivity index (χ1n) is 9.69. The van der Waals surface area contributed by atoms with Crippen molar-refractivity contribution in [1.29, 1.82) is 0 Å². The first-order valence-corrected chi connectivity index (χ1v) is 9.69. The normalized spacial score (nSPS) is 21.1. The van der Waals surface area contributed by atoms with Gasteiger partial charge < -0.3 is 25.2 Å². The minimum Gasteiger partial charge on any atom is -0.459 e. The molecule has 2 rings (SSSR count). The molecular formula is C19H28N4O6. The molecule has 0 aromatic carbocycles. The molecule has 0 spiro atoms. The summed E-state index contributed by atoms with van der Waals surface area (Å²) in [5.74, 6) is 0.531. The number of carbonyl (C=O) groups excluding carboxylic acids is 1. The number of ether oxygens (including phenoxy) is 2. The van der Waals surface area contributed by atoms with Crippen LogP contribution in [0.4, 0.5) is 11.5 Å². The third kappa shape index (κ3) is 6.68. The van der Waals surface area contributed by atoms with Crippen LogP contribution in [0.5, 0.6) is 0 Å². The maximum Gasteiger partial charge on any atom is 0.287 e. The summed E-state index contributed by atoms with van der Waals surface area (Å²) in [6.07, 6.45) is 3.84. The number of nitro groups is 1. The lowest BCUT2D eigenvalue weighted by molar-refractivity contribution is -0.385. The van der Waals surface area contributed by atoms with E-state index in [0.29, 0.717) is 31.9 Å². The van der Waals surface area contributed by atoms with E-state index in [2.05, 4.69) is 15.6 Å². The van der Waals surface area contributed by atoms with Gasteiger partial charge in [-0.05, 0) is 37.8 Å². The molecule has 0 unspecified atom stereocenters. The summed E-state index contributed by atoms with van der Waals surface area (Å²) in [4.78, 5) is 26.5. The highest BCUT2D eigenvalue weighted by Crippen LogP contribution is 2.32. The first kappa shape index (κ1) is 22.6. The van der Waals surface area contributed by atoms with Gasteiger partial charge in [-0.25, -0.2) is 4.98 Å². The van der Waals surface area contributed by atoms with Crippen molar-refractivity contribution in [3.05, 3.63) is 40.3 Å². The molecule has 1 amide bonds. The van der Waals surface area contributed by atoms with Gasteiger partial charge in [0.2, 0.25) is 6.29 Å². The Bertz CT molecular complexity index is 709. The van der Waals surface area contributed by atoms with Gasteiger partial charge in [0.05, 0.1) is 4.92 Å². The quantitative estimate of drug-likeness (QED) is 0.287. The predicted octanol–water partition coefficient (Wildman–Crippen LogP) is 1.82. The standard InChI is InChI=1S/C19H28N4O6/c1-3-28-19-15(5-4-10-24)13(2)11-16(29-19)18(25)21-9-8-20-17-7-6-14(12-22-17)23(26)27/h6-7,11-13,15,19,24H,3-5,8-10H2,1-2H3,(H,20,22)(H,21,25)/t13-,15-,19+/m1/s1. The highest BCUT2D eigenvalue weighted by Gasteiger charge is 2.34. The number of amides is 1. The van der Waals surface area contributed by atoms with Crippen LogP contribution in [0.1, 0.15) is 26.7 Å². The van der Waals surface area contributed by atoms with E-state index in [4.69, 9.17) is 14.6 Å². The summed E-state index contributed by atoms with van der Waals surface area (Å²) in [5.41, 5.74) is -0.0829. The number of hydrogen-bond acceptors (Lipinski definition) is 8. The molecule has 3 N–H and O–H groups in total. The van der Waals surface area contributed by atoms with E-state index < -0.39 is 11.2 Å².